The first-order chi connectivity index (χ1) is 15.8. The molecule has 7 nitrogen and oxygen atoms in total. The van der Waals surface area contributed by atoms with Crippen LogP contribution in [0.15, 0.2) is 46.9 Å². The van der Waals surface area contributed by atoms with Crippen LogP contribution in [-0.4, -0.2) is 50.0 Å². The second kappa shape index (κ2) is 12.2. The fourth-order valence-corrected chi connectivity index (χ4v) is 4.80. The van der Waals surface area contributed by atoms with Crippen LogP contribution in [0.2, 0.25) is 10.0 Å². The van der Waals surface area contributed by atoms with Crippen LogP contribution in [0.1, 0.15) is 32.8 Å². The molecule has 0 aliphatic carbocycles. The van der Waals surface area contributed by atoms with Crippen LogP contribution in [0.5, 0.6) is 0 Å². The molecule has 186 valence electrons. The molecule has 2 rings (SSSR count). The molecule has 2 amide bonds. The largest absolute Gasteiger partial charge is 0.352 e. The van der Waals surface area contributed by atoms with Crippen molar-refractivity contribution in [2.75, 3.05) is 17.1 Å². The first kappa shape index (κ1) is 28.4. The van der Waals surface area contributed by atoms with Crippen molar-refractivity contribution < 1.29 is 18.0 Å². The van der Waals surface area contributed by atoms with Gasteiger partial charge in [-0.2, -0.15) is 0 Å². The molecule has 2 aromatic carbocycles. The summed E-state index contributed by atoms with van der Waals surface area (Å²) < 4.78 is 27.0. The number of benzene rings is 2. The van der Waals surface area contributed by atoms with Gasteiger partial charge in [-0.3, -0.25) is 13.9 Å². The van der Waals surface area contributed by atoms with E-state index >= 15 is 0 Å². The summed E-state index contributed by atoms with van der Waals surface area (Å²) in [5, 5.41) is 3.31. The van der Waals surface area contributed by atoms with Gasteiger partial charge >= 0.3 is 0 Å². The summed E-state index contributed by atoms with van der Waals surface area (Å²) in [6.45, 7) is 5.03. The van der Waals surface area contributed by atoms with E-state index < -0.39 is 28.5 Å². The molecule has 2 unspecified atom stereocenters. The highest BCUT2D eigenvalue weighted by Crippen LogP contribution is 2.30. The lowest BCUT2D eigenvalue weighted by molar-refractivity contribution is -0.139. The first-order valence-electron chi connectivity index (χ1n) is 10.6. The molecule has 11 heteroatoms. The highest BCUT2D eigenvalue weighted by molar-refractivity contribution is 9.10. The minimum atomic E-state index is -3.88. The number of amides is 2. The van der Waals surface area contributed by atoms with Crippen LogP contribution < -0.4 is 9.62 Å². The molecule has 0 aliphatic heterocycles. The number of carbonyl (C=O) groups excluding carboxylic acids is 2. The van der Waals surface area contributed by atoms with Gasteiger partial charge in [0, 0.05) is 22.1 Å². The molecule has 0 spiro atoms. The molecule has 2 aromatic rings. The Morgan fingerprint density at radius 1 is 1.09 bits per heavy atom. The van der Waals surface area contributed by atoms with Crippen LogP contribution in [-0.2, 0) is 26.2 Å². The highest BCUT2D eigenvalue weighted by atomic mass is 79.9. The maximum absolute atomic E-state index is 13.5. The van der Waals surface area contributed by atoms with Gasteiger partial charge in [-0.1, -0.05) is 58.2 Å². The normalized spacial score (nSPS) is 13.1. The van der Waals surface area contributed by atoms with Gasteiger partial charge in [-0.25, -0.2) is 8.42 Å². The summed E-state index contributed by atoms with van der Waals surface area (Å²) in [5.74, 6) is -0.874. The van der Waals surface area contributed by atoms with Gasteiger partial charge in [0.25, 0.3) is 0 Å². The summed E-state index contributed by atoms with van der Waals surface area (Å²) in [6, 6.07) is 10.7. The molecule has 0 saturated heterocycles. The van der Waals surface area contributed by atoms with E-state index in [4.69, 9.17) is 23.2 Å². The second-order valence-corrected chi connectivity index (χ2v) is 11.7. The van der Waals surface area contributed by atoms with Crippen LogP contribution in [0.3, 0.4) is 0 Å². The SMILES string of the molecule is CCC(C)NC(=O)C(C)N(Cc1ccc(Br)cc1)C(=O)CN(c1ccc(Cl)cc1Cl)S(C)(=O)=O. The van der Waals surface area contributed by atoms with Crippen molar-refractivity contribution in [2.24, 2.45) is 0 Å². The third-order valence-electron chi connectivity index (χ3n) is 5.29. The van der Waals surface area contributed by atoms with E-state index in [0.29, 0.717) is 5.02 Å². The van der Waals surface area contributed by atoms with Crippen molar-refractivity contribution in [3.05, 3.63) is 62.5 Å². The molecule has 0 aromatic heterocycles. The van der Waals surface area contributed by atoms with Crippen molar-refractivity contribution in [1.82, 2.24) is 10.2 Å². The third kappa shape index (κ3) is 7.86. The van der Waals surface area contributed by atoms with Crippen LogP contribution >= 0.6 is 39.1 Å². The second-order valence-electron chi connectivity index (χ2n) is 8.01. The fraction of sp³-hybridized carbons (Fsp3) is 0.391. The Morgan fingerprint density at radius 3 is 2.24 bits per heavy atom. The number of anilines is 1. The minimum Gasteiger partial charge on any atom is -0.352 e. The van der Waals surface area contributed by atoms with Crippen molar-refractivity contribution in [3.8, 4) is 0 Å². The summed E-state index contributed by atoms with van der Waals surface area (Å²) in [7, 11) is -3.88. The Kier molecular flexibility index (Phi) is 10.2. The predicted octanol–water partition coefficient (Wildman–Crippen LogP) is 4.85. The van der Waals surface area contributed by atoms with E-state index in [9.17, 15) is 18.0 Å². The quantitative estimate of drug-likeness (QED) is 0.427. The Labute approximate surface area is 219 Å². The van der Waals surface area contributed by atoms with Gasteiger partial charge in [-0.15, -0.1) is 0 Å². The van der Waals surface area contributed by atoms with Gasteiger partial charge in [-0.05, 0) is 56.2 Å². The van der Waals surface area contributed by atoms with E-state index in [0.717, 1.165) is 27.0 Å². The molecule has 0 saturated carbocycles. The van der Waals surface area contributed by atoms with E-state index in [1.807, 2.05) is 38.1 Å². The van der Waals surface area contributed by atoms with Crippen molar-refractivity contribution in [2.45, 2.75) is 45.8 Å². The maximum Gasteiger partial charge on any atom is 0.244 e. The van der Waals surface area contributed by atoms with E-state index in [-0.39, 0.29) is 29.2 Å². The van der Waals surface area contributed by atoms with E-state index in [2.05, 4.69) is 21.2 Å². The van der Waals surface area contributed by atoms with E-state index in [1.165, 1.54) is 23.1 Å². The number of carbonyl (C=O) groups is 2. The van der Waals surface area contributed by atoms with Crippen LogP contribution in [0.25, 0.3) is 0 Å². The molecule has 0 bridgehead atoms. The van der Waals surface area contributed by atoms with Crippen molar-refractivity contribution in [1.29, 1.82) is 0 Å². The summed E-state index contributed by atoms with van der Waals surface area (Å²) in [4.78, 5) is 27.7. The van der Waals surface area contributed by atoms with Crippen LogP contribution in [0, 0.1) is 0 Å². The number of nitrogens with one attached hydrogen (secondary N) is 1. The molecule has 1 N–H and O–H groups in total. The Morgan fingerprint density at radius 2 is 1.71 bits per heavy atom. The monoisotopic (exact) mass is 591 g/mol. The van der Waals surface area contributed by atoms with Gasteiger partial charge < -0.3 is 10.2 Å². The molecule has 34 heavy (non-hydrogen) atoms. The number of hydrogen-bond acceptors (Lipinski definition) is 4. The van der Waals surface area contributed by atoms with Crippen molar-refractivity contribution in [3.63, 3.8) is 0 Å². The standard InChI is InChI=1S/C23H28BrCl2N3O4S/c1-5-15(2)27-23(31)16(3)28(13-17-6-8-18(24)9-7-17)22(30)14-29(34(4,32)33)21-11-10-19(25)12-20(21)26/h6-12,15-16H,5,13-14H2,1-4H3,(H,27,31). The van der Waals surface area contributed by atoms with Crippen molar-refractivity contribution >= 4 is 66.7 Å². The fourth-order valence-electron chi connectivity index (χ4n) is 3.11. The number of hydrogen-bond donors (Lipinski definition) is 1. The molecular formula is C23H28BrCl2N3O4S. The molecule has 0 radical (unpaired) electrons. The van der Waals surface area contributed by atoms with Gasteiger partial charge in [0.2, 0.25) is 21.8 Å². The Hall–Kier alpha value is -1.81. The molecule has 0 fully saturated rings. The molecule has 2 atom stereocenters. The average Bonchev–Trinajstić information content (AvgIpc) is 2.76. The summed E-state index contributed by atoms with van der Waals surface area (Å²) in [5.41, 5.74) is 0.914. The zero-order valence-electron chi connectivity index (χ0n) is 19.4. The Balaban J connectivity index is 2.41. The van der Waals surface area contributed by atoms with Gasteiger partial charge in [0.15, 0.2) is 0 Å². The maximum atomic E-state index is 13.5. The molecule has 0 aliphatic rings. The smallest absolute Gasteiger partial charge is 0.244 e. The lowest BCUT2D eigenvalue weighted by atomic mass is 10.1. The zero-order valence-corrected chi connectivity index (χ0v) is 23.3. The summed E-state index contributed by atoms with van der Waals surface area (Å²) in [6.07, 6.45) is 1.72. The lowest BCUT2D eigenvalue weighted by Gasteiger charge is -2.32. The number of halogens is 3. The number of nitrogens with zero attached hydrogens (tertiary/aromatic N) is 2. The summed E-state index contributed by atoms with van der Waals surface area (Å²) >= 11 is 15.6. The van der Waals surface area contributed by atoms with E-state index in [1.54, 1.807) is 6.92 Å². The van der Waals surface area contributed by atoms with Crippen LogP contribution in [0.4, 0.5) is 5.69 Å². The highest BCUT2D eigenvalue weighted by Gasteiger charge is 2.31. The minimum absolute atomic E-state index is 0.0695. The first-order valence-corrected chi connectivity index (χ1v) is 14.0. The topological polar surface area (TPSA) is 86.8 Å². The Bertz CT molecular complexity index is 1130. The lowest BCUT2D eigenvalue weighted by Crippen LogP contribution is -2.52. The number of sulfonamides is 1. The number of rotatable bonds is 10. The zero-order chi connectivity index (χ0) is 25.6. The predicted molar refractivity (Wildman–Crippen MR) is 141 cm³/mol. The van der Waals surface area contributed by atoms with Gasteiger partial charge in [0.05, 0.1) is 17.0 Å². The average molecular weight is 593 g/mol. The third-order valence-corrected chi connectivity index (χ3v) is 7.49. The van der Waals surface area contributed by atoms with Gasteiger partial charge in [0.1, 0.15) is 12.6 Å². The molecular weight excluding hydrogens is 565 g/mol. The molecule has 0 heterocycles.